The molecule has 4 nitrogen and oxygen atoms in total. The van der Waals surface area contributed by atoms with E-state index >= 15 is 0 Å². The van der Waals surface area contributed by atoms with E-state index in [4.69, 9.17) is 0 Å². The van der Waals surface area contributed by atoms with Crippen LogP contribution in [0.3, 0.4) is 0 Å². The van der Waals surface area contributed by atoms with Gasteiger partial charge in [0.1, 0.15) is 11.6 Å². The van der Waals surface area contributed by atoms with Crippen molar-refractivity contribution in [2.24, 2.45) is 5.92 Å². The van der Waals surface area contributed by atoms with E-state index in [1.54, 1.807) is 0 Å². The molecule has 0 radical (unpaired) electrons. The minimum absolute atomic E-state index is 0.0160. The SMILES string of the molecule is CC1(c2ccccc2)NC(=O)C(C2CCCCC2)N(Cc2ccccc2)C1=O. The van der Waals surface area contributed by atoms with Gasteiger partial charge in [-0.05, 0) is 36.8 Å². The van der Waals surface area contributed by atoms with Gasteiger partial charge in [-0.3, -0.25) is 9.59 Å². The number of benzene rings is 2. The summed E-state index contributed by atoms with van der Waals surface area (Å²) in [6.45, 7) is 2.30. The van der Waals surface area contributed by atoms with Gasteiger partial charge in [0.2, 0.25) is 5.91 Å². The van der Waals surface area contributed by atoms with E-state index < -0.39 is 5.54 Å². The van der Waals surface area contributed by atoms with Gasteiger partial charge in [0.25, 0.3) is 5.91 Å². The van der Waals surface area contributed by atoms with Crippen LogP contribution < -0.4 is 5.32 Å². The maximum atomic E-state index is 13.8. The number of carbonyl (C=O) groups is 2. The second-order valence-electron chi connectivity index (χ2n) is 8.24. The summed E-state index contributed by atoms with van der Waals surface area (Å²) in [5.74, 6) is 0.202. The van der Waals surface area contributed by atoms with Crippen molar-refractivity contribution in [3.63, 3.8) is 0 Å². The average Bonchev–Trinajstić information content (AvgIpc) is 2.74. The van der Waals surface area contributed by atoms with Crippen molar-refractivity contribution in [1.29, 1.82) is 0 Å². The third kappa shape index (κ3) is 3.44. The second-order valence-corrected chi connectivity index (χ2v) is 8.24. The van der Waals surface area contributed by atoms with Gasteiger partial charge in [-0.25, -0.2) is 0 Å². The molecule has 2 atom stereocenters. The molecule has 2 fully saturated rings. The van der Waals surface area contributed by atoms with Crippen LogP contribution in [-0.2, 0) is 21.7 Å². The fraction of sp³-hybridized carbons (Fsp3) is 0.417. The summed E-state index contributed by atoms with van der Waals surface area (Å²) in [6, 6.07) is 19.2. The van der Waals surface area contributed by atoms with Crippen LogP contribution in [0.4, 0.5) is 0 Å². The molecule has 4 heteroatoms. The van der Waals surface area contributed by atoms with Crippen molar-refractivity contribution in [3.8, 4) is 0 Å². The lowest BCUT2D eigenvalue weighted by Crippen LogP contribution is -2.68. The van der Waals surface area contributed by atoms with Crippen molar-refractivity contribution >= 4 is 11.8 Å². The maximum Gasteiger partial charge on any atom is 0.253 e. The molecule has 0 spiro atoms. The molecule has 4 rings (SSSR count). The molecule has 0 aromatic heterocycles. The highest BCUT2D eigenvalue weighted by Gasteiger charge is 2.51. The highest BCUT2D eigenvalue weighted by atomic mass is 16.2. The van der Waals surface area contributed by atoms with Gasteiger partial charge in [0.15, 0.2) is 0 Å². The molecule has 2 aromatic rings. The summed E-state index contributed by atoms with van der Waals surface area (Å²) in [7, 11) is 0. The highest BCUT2D eigenvalue weighted by molar-refractivity contribution is 6.00. The van der Waals surface area contributed by atoms with Gasteiger partial charge in [0.05, 0.1) is 0 Å². The summed E-state index contributed by atoms with van der Waals surface area (Å²) >= 11 is 0. The van der Waals surface area contributed by atoms with Crippen LogP contribution in [0.2, 0.25) is 0 Å². The predicted molar refractivity (Wildman–Crippen MR) is 109 cm³/mol. The van der Waals surface area contributed by atoms with Crippen molar-refractivity contribution in [2.75, 3.05) is 0 Å². The van der Waals surface area contributed by atoms with Crippen LogP contribution in [0, 0.1) is 5.92 Å². The summed E-state index contributed by atoms with van der Waals surface area (Å²) in [4.78, 5) is 28.9. The number of nitrogens with one attached hydrogen (secondary N) is 1. The highest BCUT2D eigenvalue weighted by Crippen LogP contribution is 2.36. The van der Waals surface area contributed by atoms with Crippen LogP contribution in [0.5, 0.6) is 0 Å². The van der Waals surface area contributed by atoms with Crippen LogP contribution in [0.15, 0.2) is 60.7 Å². The molecule has 146 valence electrons. The van der Waals surface area contributed by atoms with Crippen molar-refractivity contribution < 1.29 is 9.59 Å². The molecule has 1 heterocycles. The molecule has 2 aromatic carbocycles. The second kappa shape index (κ2) is 7.78. The monoisotopic (exact) mass is 376 g/mol. The van der Waals surface area contributed by atoms with E-state index in [2.05, 4.69) is 5.32 Å². The van der Waals surface area contributed by atoms with E-state index in [1.807, 2.05) is 72.5 Å². The first kappa shape index (κ1) is 18.7. The van der Waals surface area contributed by atoms with Gasteiger partial charge in [-0.2, -0.15) is 0 Å². The van der Waals surface area contributed by atoms with Crippen molar-refractivity contribution in [2.45, 2.75) is 57.2 Å². The Balaban J connectivity index is 1.71. The molecule has 28 heavy (non-hydrogen) atoms. The maximum absolute atomic E-state index is 13.8. The largest absolute Gasteiger partial charge is 0.336 e. The Labute approximate surface area is 166 Å². The minimum atomic E-state index is -1.03. The number of amides is 2. The van der Waals surface area contributed by atoms with Crippen molar-refractivity contribution in [3.05, 3.63) is 71.8 Å². The van der Waals surface area contributed by atoms with E-state index in [0.717, 1.165) is 36.8 Å². The number of nitrogens with zero attached hydrogens (tertiary/aromatic N) is 1. The van der Waals surface area contributed by atoms with Crippen LogP contribution >= 0.6 is 0 Å². The number of piperazine rings is 1. The predicted octanol–water partition coefficient (Wildman–Crippen LogP) is 4.01. The molecule has 2 amide bonds. The Kier molecular flexibility index (Phi) is 5.21. The number of rotatable bonds is 4. The summed E-state index contributed by atoms with van der Waals surface area (Å²) in [5, 5.41) is 3.09. The fourth-order valence-electron chi connectivity index (χ4n) is 4.76. The molecule has 1 saturated carbocycles. The average molecular weight is 377 g/mol. The first-order valence-electron chi connectivity index (χ1n) is 10.3. The fourth-order valence-corrected chi connectivity index (χ4v) is 4.76. The first-order valence-corrected chi connectivity index (χ1v) is 10.3. The summed E-state index contributed by atoms with van der Waals surface area (Å²) in [5.41, 5.74) is 0.855. The van der Waals surface area contributed by atoms with Gasteiger partial charge in [0, 0.05) is 6.54 Å². The zero-order valence-electron chi connectivity index (χ0n) is 16.4. The van der Waals surface area contributed by atoms with Crippen LogP contribution in [-0.4, -0.2) is 22.8 Å². The van der Waals surface area contributed by atoms with E-state index in [9.17, 15) is 9.59 Å². The van der Waals surface area contributed by atoms with Gasteiger partial charge < -0.3 is 10.2 Å². The molecule has 1 aliphatic carbocycles. The number of hydrogen-bond donors (Lipinski definition) is 1. The Morgan fingerprint density at radius 2 is 1.54 bits per heavy atom. The van der Waals surface area contributed by atoms with E-state index in [0.29, 0.717) is 6.54 Å². The lowest BCUT2D eigenvalue weighted by molar-refractivity contribution is -0.158. The minimum Gasteiger partial charge on any atom is -0.336 e. The third-order valence-electron chi connectivity index (χ3n) is 6.31. The third-order valence-corrected chi connectivity index (χ3v) is 6.31. The zero-order chi connectivity index (χ0) is 19.6. The van der Waals surface area contributed by atoms with Crippen LogP contribution in [0.25, 0.3) is 0 Å². The lowest BCUT2D eigenvalue weighted by atomic mass is 9.78. The summed E-state index contributed by atoms with van der Waals surface area (Å²) in [6.07, 6.45) is 5.52. The zero-order valence-corrected chi connectivity index (χ0v) is 16.4. The van der Waals surface area contributed by atoms with E-state index in [1.165, 1.54) is 6.42 Å². The molecule has 2 aliphatic rings. The molecule has 1 aliphatic heterocycles. The number of carbonyl (C=O) groups excluding carboxylic acids is 2. The van der Waals surface area contributed by atoms with Crippen LogP contribution in [0.1, 0.15) is 50.2 Å². The lowest BCUT2D eigenvalue weighted by Gasteiger charge is -2.47. The molecular formula is C24H28N2O2. The standard InChI is InChI=1S/C24H28N2O2/c1-24(20-15-9-4-10-16-20)23(28)26(17-18-11-5-2-6-12-18)21(22(27)25-24)19-13-7-3-8-14-19/h2,4-6,9-12,15-16,19,21H,3,7-8,13-14,17H2,1H3,(H,25,27). The van der Waals surface area contributed by atoms with Crippen molar-refractivity contribution in [1.82, 2.24) is 10.2 Å². The Morgan fingerprint density at radius 3 is 2.18 bits per heavy atom. The topological polar surface area (TPSA) is 49.4 Å². The Bertz CT molecular complexity index is 830. The van der Waals surface area contributed by atoms with E-state index in [-0.39, 0.29) is 23.8 Å². The Hall–Kier alpha value is -2.62. The molecule has 1 saturated heterocycles. The smallest absolute Gasteiger partial charge is 0.253 e. The quantitative estimate of drug-likeness (QED) is 0.876. The first-order chi connectivity index (χ1) is 13.6. The normalized spacial score (nSPS) is 26.2. The molecule has 2 unspecified atom stereocenters. The summed E-state index contributed by atoms with van der Waals surface area (Å²) < 4.78 is 0. The molecule has 1 N–H and O–H groups in total. The van der Waals surface area contributed by atoms with Gasteiger partial charge in [-0.1, -0.05) is 79.9 Å². The molecular weight excluding hydrogens is 348 g/mol. The Morgan fingerprint density at radius 1 is 0.929 bits per heavy atom. The van der Waals surface area contributed by atoms with Gasteiger partial charge >= 0.3 is 0 Å². The van der Waals surface area contributed by atoms with Gasteiger partial charge in [-0.15, -0.1) is 0 Å². The molecule has 0 bridgehead atoms. The number of hydrogen-bond acceptors (Lipinski definition) is 2.